The Morgan fingerprint density at radius 2 is 2.24 bits per heavy atom. The molecule has 0 spiro atoms. The standard InChI is InChI=1S/C14H18ClNO/c1-4-8-16(3)9-5-10-17-14-7-6-13(15)11-12(14)2/h1,6-7,11H,5,8-10H2,2-3H3. The maximum Gasteiger partial charge on any atom is 0.122 e. The number of ether oxygens (including phenoxy) is 1. The summed E-state index contributed by atoms with van der Waals surface area (Å²) in [5.41, 5.74) is 1.06. The number of halogens is 1. The minimum atomic E-state index is 0.681. The molecule has 0 N–H and O–H groups in total. The van der Waals surface area contributed by atoms with Crippen LogP contribution in [-0.4, -0.2) is 31.6 Å². The van der Waals surface area contributed by atoms with Crippen molar-refractivity contribution in [2.24, 2.45) is 0 Å². The van der Waals surface area contributed by atoms with E-state index in [9.17, 15) is 0 Å². The molecule has 0 heterocycles. The Kier molecular flexibility index (Phi) is 5.90. The van der Waals surface area contributed by atoms with E-state index in [1.807, 2.05) is 32.2 Å². The van der Waals surface area contributed by atoms with Gasteiger partial charge in [-0.1, -0.05) is 17.5 Å². The van der Waals surface area contributed by atoms with Gasteiger partial charge in [-0.15, -0.1) is 6.42 Å². The molecule has 17 heavy (non-hydrogen) atoms. The zero-order valence-corrected chi connectivity index (χ0v) is 11.1. The molecule has 0 saturated heterocycles. The number of hydrogen-bond donors (Lipinski definition) is 0. The van der Waals surface area contributed by atoms with Gasteiger partial charge in [0.1, 0.15) is 5.75 Å². The average Bonchev–Trinajstić information content (AvgIpc) is 2.27. The fraction of sp³-hybridized carbons (Fsp3) is 0.429. The molecule has 1 aromatic carbocycles. The molecule has 1 rings (SSSR count). The zero-order chi connectivity index (χ0) is 12.7. The van der Waals surface area contributed by atoms with Crippen LogP contribution < -0.4 is 4.74 Å². The van der Waals surface area contributed by atoms with Crippen LogP contribution in [0, 0.1) is 19.3 Å². The van der Waals surface area contributed by atoms with Crippen molar-refractivity contribution in [1.82, 2.24) is 4.90 Å². The predicted molar refractivity (Wildman–Crippen MR) is 72.6 cm³/mol. The monoisotopic (exact) mass is 251 g/mol. The molecule has 2 nitrogen and oxygen atoms in total. The molecule has 0 atom stereocenters. The van der Waals surface area contributed by atoms with Crippen molar-refractivity contribution in [1.29, 1.82) is 0 Å². The smallest absolute Gasteiger partial charge is 0.122 e. The molecular formula is C14H18ClNO. The zero-order valence-electron chi connectivity index (χ0n) is 10.4. The van der Waals surface area contributed by atoms with Gasteiger partial charge in [0.05, 0.1) is 13.2 Å². The molecule has 0 unspecified atom stereocenters. The van der Waals surface area contributed by atoms with Crippen molar-refractivity contribution < 1.29 is 4.74 Å². The highest BCUT2D eigenvalue weighted by Crippen LogP contribution is 2.21. The first-order valence-corrected chi connectivity index (χ1v) is 6.02. The molecule has 0 aliphatic heterocycles. The first kappa shape index (κ1) is 13.9. The summed E-state index contributed by atoms with van der Waals surface area (Å²) in [5, 5.41) is 0.739. The summed E-state index contributed by atoms with van der Waals surface area (Å²) >= 11 is 5.87. The van der Waals surface area contributed by atoms with Crippen LogP contribution in [0.2, 0.25) is 5.02 Å². The van der Waals surface area contributed by atoms with Gasteiger partial charge in [0.2, 0.25) is 0 Å². The second-order valence-corrected chi connectivity index (χ2v) is 4.49. The van der Waals surface area contributed by atoms with Gasteiger partial charge in [-0.3, -0.25) is 4.90 Å². The number of aryl methyl sites for hydroxylation is 1. The second kappa shape index (κ2) is 7.21. The van der Waals surface area contributed by atoms with Crippen LogP contribution >= 0.6 is 11.6 Å². The Labute approximate surface area is 109 Å². The van der Waals surface area contributed by atoms with E-state index in [0.717, 1.165) is 29.3 Å². The van der Waals surface area contributed by atoms with Gasteiger partial charge in [0, 0.05) is 11.6 Å². The summed E-state index contributed by atoms with van der Waals surface area (Å²) in [6.45, 7) is 4.31. The van der Waals surface area contributed by atoms with Crippen molar-refractivity contribution in [2.45, 2.75) is 13.3 Å². The maximum atomic E-state index is 5.87. The molecule has 0 radical (unpaired) electrons. The van der Waals surface area contributed by atoms with E-state index in [2.05, 4.69) is 10.8 Å². The van der Waals surface area contributed by atoms with Crippen LogP contribution in [0.3, 0.4) is 0 Å². The van der Waals surface area contributed by atoms with Crippen molar-refractivity contribution in [3.05, 3.63) is 28.8 Å². The SMILES string of the molecule is C#CCN(C)CCCOc1ccc(Cl)cc1C. The van der Waals surface area contributed by atoms with Crippen molar-refractivity contribution >= 4 is 11.6 Å². The van der Waals surface area contributed by atoms with Crippen molar-refractivity contribution in [2.75, 3.05) is 26.7 Å². The average molecular weight is 252 g/mol. The van der Waals surface area contributed by atoms with Crippen LogP contribution in [0.5, 0.6) is 5.75 Å². The minimum absolute atomic E-state index is 0.681. The number of hydrogen-bond acceptors (Lipinski definition) is 2. The van der Waals surface area contributed by atoms with E-state index < -0.39 is 0 Å². The molecule has 0 aliphatic carbocycles. The van der Waals surface area contributed by atoms with Gasteiger partial charge in [-0.2, -0.15) is 0 Å². The lowest BCUT2D eigenvalue weighted by molar-refractivity contribution is 0.273. The summed E-state index contributed by atoms with van der Waals surface area (Å²) in [5.74, 6) is 3.51. The Morgan fingerprint density at radius 1 is 1.47 bits per heavy atom. The van der Waals surface area contributed by atoms with Crippen molar-refractivity contribution in [3.63, 3.8) is 0 Å². The Morgan fingerprint density at radius 3 is 2.88 bits per heavy atom. The van der Waals surface area contributed by atoms with Gasteiger partial charge in [-0.25, -0.2) is 0 Å². The molecule has 92 valence electrons. The highest BCUT2D eigenvalue weighted by molar-refractivity contribution is 6.30. The molecule has 0 fully saturated rings. The van der Waals surface area contributed by atoms with Crippen LogP contribution in [-0.2, 0) is 0 Å². The molecular weight excluding hydrogens is 234 g/mol. The van der Waals surface area contributed by atoms with E-state index in [1.54, 1.807) is 0 Å². The van der Waals surface area contributed by atoms with Crippen LogP contribution in [0.25, 0.3) is 0 Å². The van der Waals surface area contributed by atoms with Gasteiger partial charge >= 0.3 is 0 Å². The van der Waals surface area contributed by atoms with Gasteiger partial charge in [-0.05, 0) is 44.2 Å². The molecule has 0 amide bonds. The van der Waals surface area contributed by atoms with Crippen LogP contribution in [0.15, 0.2) is 18.2 Å². The molecule has 0 aromatic heterocycles. The van der Waals surface area contributed by atoms with Gasteiger partial charge in [0.25, 0.3) is 0 Å². The molecule has 3 heteroatoms. The van der Waals surface area contributed by atoms with E-state index in [4.69, 9.17) is 22.8 Å². The lowest BCUT2D eigenvalue weighted by atomic mass is 10.2. The van der Waals surface area contributed by atoms with Gasteiger partial charge < -0.3 is 4.74 Å². The summed E-state index contributed by atoms with van der Waals surface area (Å²) < 4.78 is 5.68. The Hall–Kier alpha value is -1.17. The lowest BCUT2D eigenvalue weighted by Crippen LogP contribution is -2.21. The van der Waals surface area contributed by atoms with E-state index in [-0.39, 0.29) is 0 Å². The molecule has 0 aliphatic rings. The third-order valence-corrected chi connectivity index (χ3v) is 2.68. The molecule has 0 bridgehead atoms. The first-order valence-electron chi connectivity index (χ1n) is 5.64. The quantitative estimate of drug-likeness (QED) is 0.569. The number of benzene rings is 1. The van der Waals surface area contributed by atoms with Gasteiger partial charge in [0.15, 0.2) is 0 Å². The topological polar surface area (TPSA) is 12.5 Å². The Bertz CT molecular complexity index is 398. The summed E-state index contributed by atoms with van der Waals surface area (Å²) in [7, 11) is 2.01. The van der Waals surface area contributed by atoms with Crippen LogP contribution in [0.1, 0.15) is 12.0 Å². The molecule has 1 aromatic rings. The number of nitrogens with zero attached hydrogens (tertiary/aromatic N) is 1. The first-order chi connectivity index (χ1) is 8.13. The minimum Gasteiger partial charge on any atom is -0.493 e. The molecule has 0 saturated carbocycles. The lowest BCUT2D eigenvalue weighted by Gasteiger charge is -2.14. The third-order valence-electron chi connectivity index (χ3n) is 2.44. The predicted octanol–water partition coefficient (Wildman–Crippen LogP) is 2.98. The number of terminal acetylenes is 1. The highest BCUT2D eigenvalue weighted by Gasteiger charge is 2.01. The maximum absolute atomic E-state index is 5.87. The third kappa shape index (κ3) is 5.12. The number of rotatable bonds is 6. The summed E-state index contributed by atoms with van der Waals surface area (Å²) in [4.78, 5) is 2.10. The fourth-order valence-corrected chi connectivity index (χ4v) is 1.75. The fourth-order valence-electron chi connectivity index (χ4n) is 1.53. The largest absolute Gasteiger partial charge is 0.493 e. The summed E-state index contributed by atoms with van der Waals surface area (Å²) in [6, 6.07) is 5.65. The van der Waals surface area contributed by atoms with E-state index in [0.29, 0.717) is 13.2 Å². The summed E-state index contributed by atoms with van der Waals surface area (Å²) in [6.07, 6.45) is 6.18. The van der Waals surface area contributed by atoms with E-state index >= 15 is 0 Å². The highest BCUT2D eigenvalue weighted by atomic mass is 35.5. The van der Waals surface area contributed by atoms with E-state index in [1.165, 1.54) is 0 Å². The normalized spacial score (nSPS) is 10.3. The van der Waals surface area contributed by atoms with Crippen LogP contribution in [0.4, 0.5) is 0 Å². The second-order valence-electron chi connectivity index (χ2n) is 4.05. The van der Waals surface area contributed by atoms with Crippen molar-refractivity contribution in [3.8, 4) is 18.1 Å². The Balaban J connectivity index is 2.29.